The van der Waals surface area contributed by atoms with Crippen molar-refractivity contribution < 1.29 is 4.79 Å². The molecule has 0 aliphatic heterocycles. The van der Waals surface area contributed by atoms with Gasteiger partial charge in [-0.05, 0) is 55.9 Å². The van der Waals surface area contributed by atoms with Crippen LogP contribution < -0.4 is 10.9 Å². The third-order valence-electron chi connectivity index (χ3n) is 6.25. The summed E-state index contributed by atoms with van der Waals surface area (Å²) in [5, 5.41) is 7.63. The number of fused-ring (bicyclic) bond motifs is 3. The Morgan fingerprint density at radius 2 is 1.78 bits per heavy atom. The van der Waals surface area contributed by atoms with Gasteiger partial charge in [0.25, 0.3) is 11.5 Å². The number of aryl methyl sites for hydroxylation is 2. The smallest absolute Gasteiger partial charge is 0.277 e. The average molecular weight is 427 g/mol. The van der Waals surface area contributed by atoms with Crippen LogP contribution in [-0.2, 0) is 19.4 Å². The van der Waals surface area contributed by atoms with Gasteiger partial charge in [-0.2, -0.15) is 5.10 Å². The van der Waals surface area contributed by atoms with E-state index in [0.29, 0.717) is 17.6 Å². The predicted molar refractivity (Wildman–Crippen MR) is 124 cm³/mol. The molecule has 6 heteroatoms. The molecule has 4 aromatic rings. The van der Waals surface area contributed by atoms with Crippen LogP contribution in [-0.4, -0.2) is 20.1 Å². The van der Waals surface area contributed by atoms with Gasteiger partial charge in [0, 0.05) is 23.5 Å². The van der Waals surface area contributed by atoms with Crippen molar-refractivity contribution in [2.24, 2.45) is 0 Å². The minimum Gasteiger partial charge on any atom is -0.346 e. The van der Waals surface area contributed by atoms with E-state index in [1.165, 1.54) is 0 Å². The van der Waals surface area contributed by atoms with Gasteiger partial charge in [-0.25, -0.2) is 4.52 Å². The summed E-state index contributed by atoms with van der Waals surface area (Å²) in [6, 6.07) is 17.3. The van der Waals surface area contributed by atoms with Crippen molar-refractivity contribution in [2.75, 3.05) is 0 Å². The Balaban J connectivity index is 1.32. The molecule has 162 valence electrons. The molecule has 1 amide bonds. The molecule has 2 aromatic heterocycles. The van der Waals surface area contributed by atoms with Gasteiger partial charge >= 0.3 is 0 Å². The van der Waals surface area contributed by atoms with Crippen LogP contribution in [0.25, 0.3) is 5.52 Å². The zero-order valence-electron chi connectivity index (χ0n) is 18.1. The topological polar surface area (TPSA) is 68.4 Å². The Kier molecular flexibility index (Phi) is 5.35. The fourth-order valence-electron chi connectivity index (χ4n) is 4.44. The number of hydrogen-bond donors (Lipinski definition) is 1. The minimum absolute atomic E-state index is 0.0124. The lowest BCUT2D eigenvalue weighted by atomic mass is 9.97. The molecular weight excluding hydrogens is 400 g/mol. The summed E-state index contributed by atoms with van der Waals surface area (Å²) >= 11 is 0. The van der Waals surface area contributed by atoms with E-state index in [0.717, 1.165) is 48.1 Å². The number of aromatic nitrogens is 3. The van der Waals surface area contributed by atoms with Gasteiger partial charge in [-0.15, -0.1) is 0 Å². The van der Waals surface area contributed by atoms with Gasteiger partial charge in [0.05, 0.1) is 18.3 Å². The van der Waals surface area contributed by atoms with Crippen molar-refractivity contribution in [3.63, 3.8) is 0 Å². The SMILES string of the molecule is CC(NC(=O)c1ccc(Cn2ccn3nc4c(c3c2=O)CCCC4)cc1)c1ccccc1. The second-order valence-corrected chi connectivity index (χ2v) is 8.46. The van der Waals surface area contributed by atoms with Gasteiger partial charge < -0.3 is 9.88 Å². The molecule has 1 aliphatic rings. The normalized spacial score (nSPS) is 14.2. The predicted octanol–water partition coefficient (Wildman–Crippen LogP) is 3.91. The first-order chi connectivity index (χ1) is 15.6. The molecule has 5 rings (SSSR count). The van der Waals surface area contributed by atoms with E-state index in [1.807, 2.05) is 67.7 Å². The maximum Gasteiger partial charge on any atom is 0.277 e. The monoisotopic (exact) mass is 426 g/mol. The lowest BCUT2D eigenvalue weighted by Crippen LogP contribution is -2.26. The number of carbonyl (C=O) groups is 1. The Morgan fingerprint density at radius 3 is 2.56 bits per heavy atom. The lowest BCUT2D eigenvalue weighted by molar-refractivity contribution is 0.0940. The van der Waals surface area contributed by atoms with Crippen molar-refractivity contribution in [1.82, 2.24) is 19.5 Å². The summed E-state index contributed by atoms with van der Waals surface area (Å²) in [5.41, 5.74) is 5.49. The number of amides is 1. The zero-order chi connectivity index (χ0) is 22.1. The minimum atomic E-state index is -0.114. The van der Waals surface area contributed by atoms with Crippen molar-refractivity contribution >= 4 is 11.4 Å². The van der Waals surface area contributed by atoms with Crippen molar-refractivity contribution in [3.05, 3.63) is 105 Å². The summed E-state index contributed by atoms with van der Waals surface area (Å²) in [4.78, 5) is 25.8. The third-order valence-corrected chi connectivity index (χ3v) is 6.25. The Morgan fingerprint density at radius 1 is 1.03 bits per heavy atom. The fourth-order valence-corrected chi connectivity index (χ4v) is 4.44. The van der Waals surface area contributed by atoms with Crippen LogP contribution in [0.2, 0.25) is 0 Å². The van der Waals surface area contributed by atoms with E-state index in [4.69, 9.17) is 0 Å². The molecule has 0 saturated heterocycles. The summed E-state index contributed by atoms with van der Waals surface area (Å²) in [6.45, 7) is 2.43. The van der Waals surface area contributed by atoms with Gasteiger partial charge in [0.15, 0.2) is 0 Å². The van der Waals surface area contributed by atoms with Gasteiger partial charge in [0.1, 0.15) is 5.52 Å². The summed E-state index contributed by atoms with van der Waals surface area (Å²) in [6.07, 6.45) is 7.76. The molecule has 6 nitrogen and oxygen atoms in total. The van der Waals surface area contributed by atoms with Gasteiger partial charge in [0.2, 0.25) is 0 Å². The number of nitrogens with one attached hydrogen (secondary N) is 1. The maximum atomic E-state index is 13.1. The molecule has 1 N–H and O–H groups in total. The van der Waals surface area contributed by atoms with E-state index >= 15 is 0 Å². The average Bonchev–Trinajstić information content (AvgIpc) is 3.21. The second kappa shape index (κ2) is 8.46. The van der Waals surface area contributed by atoms with Crippen LogP contribution in [0.3, 0.4) is 0 Å². The molecule has 2 heterocycles. The summed E-state index contributed by atoms with van der Waals surface area (Å²) < 4.78 is 3.45. The highest BCUT2D eigenvalue weighted by molar-refractivity contribution is 5.94. The first-order valence-electron chi connectivity index (χ1n) is 11.1. The van der Waals surface area contributed by atoms with Crippen LogP contribution >= 0.6 is 0 Å². The lowest BCUT2D eigenvalue weighted by Gasteiger charge is -2.14. The molecule has 1 unspecified atom stereocenters. The van der Waals surface area contributed by atoms with Crippen LogP contribution in [0, 0.1) is 0 Å². The molecule has 0 spiro atoms. The number of carbonyl (C=O) groups excluding carboxylic acids is 1. The molecule has 1 aliphatic carbocycles. The standard InChI is InChI=1S/C26H26N4O2/c1-18(20-7-3-2-4-8-20)27-25(31)21-13-11-19(12-14-21)17-29-15-16-30-24(26(29)32)22-9-5-6-10-23(22)28-30/h2-4,7-8,11-16,18H,5-6,9-10,17H2,1H3,(H,27,31). The second-order valence-electron chi connectivity index (χ2n) is 8.46. The number of rotatable bonds is 5. The summed E-state index contributed by atoms with van der Waals surface area (Å²) in [5.74, 6) is -0.114. The van der Waals surface area contributed by atoms with E-state index in [2.05, 4.69) is 10.4 Å². The molecule has 0 radical (unpaired) electrons. The zero-order valence-corrected chi connectivity index (χ0v) is 18.1. The first kappa shape index (κ1) is 20.2. The van der Waals surface area contributed by atoms with E-state index in [9.17, 15) is 9.59 Å². The molecule has 1 atom stereocenters. The van der Waals surface area contributed by atoms with E-state index in [1.54, 1.807) is 15.3 Å². The van der Waals surface area contributed by atoms with Crippen molar-refractivity contribution in [1.29, 1.82) is 0 Å². The van der Waals surface area contributed by atoms with Crippen LogP contribution in [0.4, 0.5) is 0 Å². The van der Waals surface area contributed by atoms with Crippen molar-refractivity contribution in [2.45, 2.75) is 45.2 Å². The highest BCUT2D eigenvalue weighted by atomic mass is 16.1. The van der Waals surface area contributed by atoms with E-state index < -0.39 is 0 Å². The molecule has 0 saturated carbocycles. The number of nitrogens with zero attached hydrogens (tertiary/aromatic N) is 3. The highest BCUT2D eigenvalue weighted by Crippen LogP contribution is 2.22. The van der Waals surface area contributed by atoms with Crippen LogP contribution in [0.15, 0.2) is 71.8 Å². The highest BCUT2D eigenvalue weighted by Gasteiger charge is 2.19. The molecule has 0 fully saturated rings. The van der Waals surface area contributed by atoms with Gasteiger partial charge in [-0.1, -0.05) is 42.5 Å². The Hall–Kier alpha value is -3.67. The number of hydrogen-bond acceptors (Lipinski definition) is 3. The largest absolute Gasteiger partial charge is 0.346 e. The Labute approximate surface area is 186 Å². The Bertz CT molecular complexity index is 1320. The summed E-state index contributed by atoms with van der Waals surface area (Å²) in [7, 11) is 0. The molecular formula is C26H26N4O2. The van der Waals surface area contributed by atoms with Crippen molar-refractivity contribution in [3.8, 4) is 0 Å². The third kappa shape index (κ3) is 3.84. The maximum absolute atomic E-state index is 13.1. The number of benzene rings is 2. The van der Waals surface area contributed by atoms with E-state index in [-0.39, 0.29) is 17.5 Å². The first-order valence-corrected chi connectivity index (χ1v) is 11.1. The molecule has 32 heavy (non-hydrogen) atoms. The van der Waals surface area contributed by atoms with Crippen LogP contribution in [0.5, 0.6) is 0 Å². The molecule has 2 aromatic carbocycles. The molecule has 0 bridgehead atoms. The fraction of sp³-hybridized carbons (Fsp3) is 0.269. The quantitative estimate of drug-likeness (QED) is 0.526. The van der Waals surface area contributed by atoms with Crippen LogP contribution in [0.1, 0.15) is 58.5 Å². The van der Waals surface area contributed by atoms with Gasteiger partial charge in [-0.3, -0.25) is 9.59 Å².